The smallest absolute Gasteiger partial charge is 0.343 e. The third kappa shape index (κ3) is 6.47. The first-order chi connectivity index (χ1) is 16.3. The molecule has 0 fully saturated rings. The van der Waals surface area contributed by atoms with Gasteiger partial charge in [-0.15, -0.1) is 12.4 Å². The van der Waals surface area contributed by atoms with Crippen LogP contribution in [-0.4, -0.2) is 18.0 Å². The van der Waals surface area contributed by atoms with Crippen molar-refractivity contribution >= 4 is 35.1 Å². The largest absolute Gasteiger partial charge is 0.419 e. The van der Waals surface area contributed by atoms with E-state index in [1.54, 1.807) is 36.4 Å². The summed E-state index contributed by atoms with van der Waals surface area (Å²) in [5.41, 5.74) is 9.93. The standard InChI is InChI=1S/C29H27NO4.ClH/c1-18-4-9-22(10-5-18)28(31)33-26-16-24-13-8-21(14-20(3)30)15-25(24)17-27(26)34-29(32)23-11-6-19(2)7-12-23;/h4-13,15-17,20H,14,30H2,1-3H3;1H. The lowest BCUT2D eigenvalue weighted by molar-refractivity contribution is 0.0683. The lowest BCUT2D eigenvalue weighted by Gasteiger charge is -2.14. The Bertz CT molecular complexity index is 1350. The fourth-order valence-electron chi connectivity index (χ4n) is 3.66. The van der Waals surface area contributed by atoms with Gasteiger partial charge in [0.05, 0.1) is 11.1 Å². The highest BCUT2D eigenvalue weighted by molar-refractivity contribution is 5.95. The molecule has 2 N–H and O–H groups in total. The molecule has 0 aliphatic heterocycles. The number of hydrogen-bond acceptors (Lipinski definition) is 5. The monoisotopic (exact) mass is 489 g/mol. The van der Waals surface area contributed by atoms with Crippen molar-refractivity contribution in [1.29, 1.82) is 0 Å². The number of esters is 2. The summed E-state index contributed by atoms with van der Waals surface area (Å²) in [4.78, 5) is 25.6. The predicted molar refractivity (Wildman–Crippen MR) is 141 cm³/mol. The van der Waals surface area contributed by atoms with Gasteiger partial charge in [0, 0.05) is 6.04 Å². The highest BCUT2D eigenvalue weighted by Gasteiger charge is 2.18. The molecule has 0 saturated heterocycles. The van der Waals surface area contributed by atoms with Gasteiger partial charge >= 0.3 is 11.9 Å². The van der Waals surface area contributed by atoms with Gasteiger partial charge < -0.3 is 15.2 Å². The average Bonchev–Trinajstić information content (AvgIpc) is 2.80. The number of benzene rings is 4. The summed E-state index contributed by atoms with van der Waals surface area (Å²) in [6, 6.07) is 23.6. The molecule has 0 aliphatic carbocycles. The molecule has 4 rings (SSSR count). The summed E-state index contributed by atoms with van der Waals surface area (Å²) in [6.07, 6.45) is 0.721. The van der Waals surface area contributed by atoms with Crippen LogP contribution in [0.5, 0.6) is 11.5 Å². The minimum Gasteiger partial charge on any atom is -0.419 e. The van der Waals surface area contributed by atoms with Gasteiger partial charge in [-0.05, 0) is 79.9 Å². The quantitative estimate of drug-likeness (QED) is 0.257. The van der Waals surface area contributed by atoms with Gasteiger partial charge in [-0.2, -0.15) is 0 Å². The first-order valence-corrected chi connectivity index (χ1v) is 11.2. The maximum absolute atomic E-state index is 12.8. The van der Waals surface area contributed by atoms with Gasteiger partial charge in [0.2, 0.25) is 0 Å². The Morgan fingerprint density at radius 2 is 1.17 bits per heavy atom. The van der Waals surface area contributed by atoms with Crippen LogP contribution in [-0.2, 0) is 6.42 Å². The first-order valence-electron chi connectivity index (χ1n) is 11.2. The average molecular weight is 490 g/mol. The molecule has 0 amide bonds. The molecular weight excluding hydrogens is 462 g/mol. The molecule has 5 nitrogen and oxygen atoms in total. The fourth-order valence-corrected chi connectivity index (χ4v) is 3.66. The van der Waals surface area contributed by atoms with E-state index in [4.69, 9.17) is 15.2 Å². The highest BCUT2D eigenvalue weighted by Crippen LogP contribution is 2.34. The summed E-state index contributed by atoms with van der Waals surface area (Å²) in [5, 5.41) is 1.72. The van der Waals surface area contributed by atoms with Gasteiger partial charge in [0.1, 0.15) is 0 Å². The molecule has 180 valence electrons. The molecule has 0 spiro atoms. The molecule has 4 aromatic rings. The number of halogens is 1. The van der Waals surface area contributed by atoms with Crippen molar-refractivity contribution in [3.8, 4) is 11.5 Å². The Kier molecular flexibility index (Phi) is 8.28. The van der Waals surface area contributed by atoms with E-state index in [2.05, 4.69) is 0 Å². The Morgan fingerprint density at radius 3 is 1.63 bits per heavy atom. The third-order valence-corrected chi connectivity index (χ3v) is 5.50. The van der Waals surface area contributed by atoms with Crippen molar-refractivity contribution < 1.29 is 19.1 Å². The van der Waals surface area contributed by atoms with E-state index in [1.165, 1.54) is 0 Å². The number of rotatable bonds is 6. The minimum absolute atomic E-state index is 0. The van der Waals surface area contributed by atoms with Crippen molar-refractivity contribution in [2.45, 2.75) is 33.2 Å². The van der Waals surface area contributed by atoms with Gasteiger partial charge in [0.15, 0.2) is 11.5 Å². The summed E-state index contributed by atoms with van der Waals surface area (Å²) in [7, 11) is 0. The second-order valence-corrected chi connectivity index (χ2v) is 8.67. The minimum atomic E-state index is -0.529. The molecule has 4 aromatic carbocycles. The lowest BCUT2D eigenvalue weighted by Crippen LogP contribution is -2.17. The molecule has 0 bridgehead atoms. The van der Waals surface area contributed by atoms with Crippen molar-refractivity contribution in [2.24, 2.45) is 5.73 Å². The van der Waals surface area contributed by atoms with Gasteiger partial charge in [-0.1, -0.05) is 53.6 Å². The maximum Gasteiger partial charge on any atom is 0.343 e. The topological polar surface area (TPSA) is 78.6 Å². The Balaban J connectivity index is 0.00000342. The van der Waals surface area contributed by atoms with Gasteiger partial charge in [-0.3, -0.25) is 0 Å². The van der Waals surface area contributed by atoms with E-state index < -0.39 is 11.9 Å². The number of ether oxygens (including phenoxy) is 2. The van der Waals surface area contributed by atoms with Crippen LogP contribution in [0.1, 0.15) is 44.3 Å². The van der Waals surface area contributed by atoms with E-state index in [-0.39, 0.29) is 29.9 Å². The first kappa shape index (κ1) is 25.9. The number of carbonyl (C=O) groups excluding carboxylic acids is 2. The highest BCUT2D eigenvalue weighted by atomic mass is 35.5. The molecule has 1 atom stereocenters. The van der Waals surface area contributed by atoms with E-state index in [9.17, 15) is 9.59 Å². The zero-order valence-electron chi connectivity index (χ0n) is 19.9. The zero-order valence-corrected chi connectivity index (χ0v) is 20.7. The summed E-state index contributed by atoms with van der Waals surface area (Å²) in [6.45, 7) is 5.84. The Morgan fingerprint density at radius 1 is 0.714 bits per heavy atom. The third-order valence-electron chi connectivity index (χ3n) is 5.50. The van der Waals surface area contributed by atoms with E-state index in [0.29, 0.717) is 11.1 Å². The number of nitrogens with two attached hydrogens (primary N) is 1. The lowest BCUT2D eigenvalue weighted by atomic mass is 10.0. The van der Waals surface area contributed by atoms with Crippen molar-refractivity contribution in [1.82, 2.24) is 0 Å². The molecule has 0 heterocycles. The van der Waals surface area contributed by atoms with Crippen molar-refractivity contribution in [3.05, 3.63) is 107 Å². The van der Waals surface area contributed by atoms with Crippen LogP contribution in [0, 0.1) is 13.8 Å². The molecule has 1 unspecified atom stereocenters. The zero-order chi connectivity index (χ0) is 24.2. The molecular formula is C29H28ClNO4. The van der Waals surface area contributed by atoms with Gasteiger partial charge in [0.25, 0.3) is 0 Å². The summed E-state index contributed by atoms with van der Waals surface area (Å²) >= 11 is 0. The second-order valence-electron chi connectivity index (χ2n) is 8.67. The predicted octanol–water partition coefficient (Wildman–Crippen LogP) is 6.21. The van der Waals surface area contributed by atoms with Gasteiger partial charge in [-0.25, -0.2) is 9.59 Å². The number of carbonyl (C=O) groups is 2. The van der Waals surface area contributed by atoms with Crippen molar-refractivity contribution in [2.75, 3.05) is 0 Å². The summed E-state index contributed by atoms with van der Waals surface area (Å²) in [5.74, 6) is -0.700. The van der Waals surface area contributed by atoms with Crippen LogP contribution < -0.4 is 15.2 Å². The van der Waals surface area contributed by atoms with Crippen LogP contribution in [0.4, 0.5) is 0 Å². The number of fused-ring (bicyclic) bond motifs is 1. The summed E-state index contributed by atoms with van der Waals surface area (Å²) < 4.78 is 11.4. The number of hydrogen-bond donors (Lipinski definition) is 1. The fraction of sp³-hybridized carbons (Fsp3) is 0.172. The van der Waals surface area contributed by atoms with Crippen LogP contribution in [0.3, 0.4) is 0 Å². The normalized spacial score (nSPS) is 11.4. The van der Waals surface area contributed by atoms with Crippen LogP contribution >= 0.6 is 12.4 Å². The second kappa shape index (κ2) is 11.2. The van der Waals surface area contributed by atoms with Crippen molar-refractivity contribution in [3.63, 3.8) is 0 Å². The van der Waals surface area contributed by atoms with Crippen LogP contribution in [0.25, 0.3) is 10.8 Å². The molecule has 6 heteroatoms. The van der Waals surface area contributed by atoms with E-state index >= 15 is 0 Å². The Hall–Kier alpha value is -3.67. The molecule has 0 saturated carbocycles. The van der Waals surface area contributed by atoms with Crippen LogP contribution in [0.2, 0.25) is 0 Å². The maximum atomic E-state index is 12.8. The molecule has 0 aliphatic rings. The molecule has 0 aromatic heterocycles. The number of aryl methyl sites for hydroxylation is 2. The Labute approximate surface area is 211 Å². The van der Waals surface area contributed by atoms with Crippen LogP contribution in [0.15, 0.2) is 78.9 Å². The molecule has 35 heavy (non-hydrogen) atoms. The van der Waals surface area contributed by atoms with E-state index in [0.717, 1.165) is 33.9 Å². The van der Waals surface area contributed by atoms with E-state index in [1.807, 2.05) is 63.2 Å². The molecule has 0 radical (unpaired) electrons. The SMILES string of the molecule is Cc1ccc(C(=O)Oc2cc3ccc(CC(C)N)cc3cc2OC(=O)c2ccc(C)cc2)cc1.Cl.